The maximum atomic E-state index is 10.7. The Morgan fingerprint density at radius 2 is 2.41 bits per heavy atom. The zero-order chi connectivity index (χ0) is 12.4. The Morgan fingerprint density at radius 3 is 3.00 bits per heavy atom. The summed E-state index contributed by atoms with van der Waals surface area (Å²) in [6.45, 7) is 1.99. The molecular weight excluding hydrogens is 256 g/mol. The number of hydrogen-bond acceptors (Lipinski definition) is 5. The first-order valence-electron chi connectivity index (χ1n) is 5.06. The van der Waals surface area contributed by atoms with E-state index in [-0.39, 0.29) is 6.42 Å². The summed E-state index contributed by atoms with van der Waals surface area (Å²) in [5, 5.41) is 11.5. The number of aliphatic carboxylic acids is 1. The predicted octanol–water partition coefficient (Wildman–Crippen LogP) is 2.13. The van der Waals surface area contributed by atoms with Gasteiger partial charge in [0, 0.05) is 11.3 Å². The Morgan fingerprint density at radius 1 is 1.65 bits per heavy atom. The summed E-state index contributed by atoms with van der Waals surface area (Å²) in [7, 11) is 0. The lowest BCUT2D eigenvalue weighted by Gasteiger charge is -2.01. The van der Waals surface area contributed by atoms with Crippen LogP contribution in [-0.2, 0) is 11.2 Å². The highest BCUT2D eigenvalue weighted by Gasteiger charge is 2.17. The summed E-state index contributed by atoms with van der Waals surface area (Å²) in [4.78, 5) is 17.3. The number of aromatic nitrogens is 1. The van der Waals surface area contributed by atoms with Crippen LogP contribution in [0.1, 0.15) is 9.88 Å². The Bertz CT molecular complexity index is 520. The van der Waals surface area contributed by atoms with Crippen molar-refractivity contribution in [3.8, 4) is 10.6 Å². The molecule has 0 saturated heterocycles. The molecule has 0 aliphatic carbocycles. The molecule has 4 nitrogen and oxygen atoms in total. The summed E-state index contributed by atoms with van der Waals surface area (Å²) < 4.78 is 0. The second-order valence-electron chi connectivity index (χ2n) is 3.64. The van der Waals surface area contributed by atoms with Crippen molar-refractivity contribution < 1.29 is 9.90 Å². The predicted molar refractivity (Wildman–Crippen MR) is 69.5 cm³/mol. The first kappa shape index (κ1) is 12.2. The monoisotopic (exact) mass is 268 g/mol. The lowest BCUT2D eigenvalue weighted by Crippen LogP contribution is -2.32. The van der Waals surface area contributed by atoms with Gasteiger partial charge in [-0.3, -0.25) is 4.79 Å². The minimum absolute atomic E-state index is 0.284. The largest absolute Gasteiger partial charge is 0.480 e. The van der Waals surface area contributed by atoms with Crippen LogP contribution < -0.4 is 5.73 Å². The fraction of sp³-hybridized carbons (Fsp3) is 0.273. The number of thiazole rings is 1. The van der Waals surface area contributed by atoms with Crippen LogP contribution >= 0.6 is 22.7 Å². The van der Waals surface area contributed by atoms with Gasteiger partial charge in [0.15, 0.2) is 0 Å². The molecule has 2 aromatic rings. The zero-order valence-corrected chi connectivity index (χ0v) is 10.8. The van der Waals surface area contributed by atoms with Crippen LogP contribution in [0.15, 0.2) is 17.5 Å². The number of nitrogens with zero attached hydrogens (tertiary/aromatic N) is 1. The average Bonchev–Trinajstić information content (AvgIpc) is 2.87. The van der Waals surface area contributed by atoms with Gasteiger partial charge in [-0.15, -0.1) is 22.7 Å². The fourth-order valence-electron chi connectivity index (χ4n) is 1.46. The van der Waals surface area contributed by atoms with Crippen molar-refractivity contribution >= 4 is 28.6 Å². The normalized spacial score (nSPS) is 12.6. The van der Waals surface area contributed by atoms with Gasteiger partial charge in [-0.05, 0) is 18.4 Å². The van der Waals surface area contributed by atoms with E-state index in [4.69, 9.17) is 10.8 Å². The Labute approximate surface area is 107 Å². The zero-order valence-electron chi connectivity index (χ0n) is 9.21. The van der Waals surface area contributed by atoms with E-state index < -0.39 is 12.0 Å². The Hall–Kier alpha value is -1.24. The van der Waals surface area contributed by atoms with Crippen LogP contribution in [0, 0.1) is 6.92 Å². The van der Waals surface area contributed by atoms with Gasteiger partial charge in [0.25, 0.3) is 0 Å². The van der Waals surface area contributed by atoms with Crippen LogP contribution in [0.2, 0.25) is 0 Å². The molecule has 0 radical (unpaired) electrons. The van der Waals surface area contributed by atoms with Gasteiger partial charge in [0.1, 0.15) is 6.04 Å². The summed E-state index contributed by atoms with van der Waals surface area (Å²) in [6, 6.07) is 3.10. The van der Waals surface area contributed by atoms with Crippen LogP contribution in [0.5, 0.6) is 0 Å². The number of carboxylic acid groups (broad SMARTS) is 1. The molecule has 6 heteroatoms. The fourth-order valence-corrected chi connectivity index (χ4v) is 3.30. The molecule has 0 fully saturated rings. The van der Waals surface area contributed by atoms with E-state index in [2.05, 4.69) is 4.98 Å². The molecule has 3 N–H and O–H groups in total. The van der Waals surface area contributed by atoms with Gasteiger partial charge in [0.2, 0.25) is 0 Å². The van der Waals surface area contributed by atoms with E-state index >= 15 is 0 Å². The highest BCUT2D eigenvalue weighted by atomic mass is 32.1. The third-order valence-corrected chi connectivity index (χ3v) is 4.18. The molecule has 2 heterocycles. The van der Waals surface area contributed by atoms with E-state index in [9.17, 15) is 4.79 Å². The molecule has 17 heavy (non-hydrogen) atoms. The van der Waals surface area contributed by atoms with Crippen molar-refractivity contribution in [1.29, 1.82) is 0 Å². The molecule has 2 rings (SSSR count). The molecule has 0 aromatic carbocycles. The molecule has 0 bridgehead atoms. The lowest BCUT2D eigenvalue weighted by molar-refractivity contribution is -0.138. The summed E-state index contributed by atoms with van der Waals surface area (Å²) in [6.07, 6.45) is 0.284. The van der Waals surface area contributed by atoms with Crippen molar-refractivity contribution in [1.82, 2.24) is 4.98 Å². The van der Waals surface area contributed by atoms with Crippen LogP contribution in [0.3, 0.4) is 0 Å². The highest BCUT2D eigenvalue weighted by molar-refractivity contribution is 7.15. The standard InChI is InChI=1S/C11H12N2O2S2/c1-6-10(8-3-2-4-16-8)13-9(17-6)5-7(12)11(14)15/h2-4,7H,5,12H2,1H3,(H,14,15). The first-order valence-corrected chi connectivity index (χ1v) is 6.76. The smallest absolute Gasteiger partial charge is 0.320 e. The third-order valence-electron chi connectivity index (χ3n) is 2.31. The maximum Gasteiger partial charge on any atom is 0.320 e. The molecule has 1 atom stereocenters. The van der Waals surface area contributed by atoms with Gasteiger partial charge in [0.05, 0.1) is 15.6 Å². The van der Waals surface area contributed by atoms with Crippen LogP contribution in [0.25, 0.3) is 10.6 Å². The summed E-state index contributed by atoms with van der Waals surface area (Å²) >= 11 is 3.14. The van der Waals surface area contributed by atoms with E-state index in [1.165, 1.54) is 11.3 Å². The lowest BCUT2D eigenvalue weighted by atomic mass is 10.2. The third kappa shape index (κ3) is 2.71. The van der Waals surface area contributed by atoms with Crippen LogP contribution in [0.4, 0.5) is 0 Å². The molecule has 0 aliphatic rings. The number of carbonyl (C=O) groups is 1. The average molecular weight is 268 g/mol. The molecule has 0 saturated carbocycles. The molecular formula is C11H12N2O2S2. The van der Waals surface area contributed by atoms with Crippen molar-refractivity contribution in [2.75, 3.05) is 0 Å². The second kappa shape index (κ2) is 4.95. The molecule has 0 spiro atoms. The van der Waals surface area contributed by atoms with Gasteiger partial charge in [-0.2, -0.15) is 0 Å². The van der Waals surface area contributed by atoms with E-state index in [1.54, 1.807) is 11.3 Å². The van der Waals surface area contributed by atoms with Crippen LogP contribution in [-0.4, -0.2) is 22.1 Å². The second-order valence-corrected chi connectivity index (χ2v) is 5.87. The molecule has 2 aromatic heterocycles. The van der Waals surface area contributed by atoms with Gasteiger partial charge in [-0.1, -0.05) is 6.07 Å². The Balaban J connectivity index is 2.22. The minimum atomic E-state index is -0.990. The number of thiophene rings is 1. The number of aryl methyl sites for hydroxylation is 1. The number of hydrogen-bond donors (Lipinski definition) is 2. The SMILES string of the molecule is Cc1sc(CC(N)C(=O)O)nc1-c1cccs1. The molecule has 0 amide bonds. The van der Waals surface area contributed by atoms with E-state index in [0.29, 0.717) is 0 Å². The number of nitrogens with two attached hydrogens (primary N) is 1. The van der Waals surface area contributed by atoms with Gasteiger partial charge >= 0.3 is 5.97 Å². The topological polar surface area (TPSA) is 76.2 Å². The summed E-state index contributed by atoms with van der Waals surface area (Å²) in [5.74, 6) is -0.990. The number of carboxylic acids is 1. The van der Waals surface area contributed by atoms with Crippen molar-refractivity contribution in [3.05, 3.63) is 27.4 Å². The van der Waals surface area contributed by atoms with Gasteiger partial charge < -0.3 is 10.8 Å². The van der Waals surface area contributed by atoms with Crippen molar-refractivity contribution in [2.45, 2.75) is 19.4 Å². The van der Waals surface area contributed by atoms with Gasteiger partial charge in [-0.25, -0.2) is 4.98 Å². The maximum absolute atomic E-state index is 10.7. The first-order chi connectivity index (χ1) is 8.08. The van der Waals surface area contributed by atoms with Crippen molar-refractivity contribution in [3.63, 3.8) is 0 Å². The molecule has 90 valence electrons. The van der Waals surface area contributed by atoms with Crippen molar-refractivity contribution in [2.24, 2.45) is 5.73 Å². The van der Waals surface area contributed by atoms with E-state index in [1.807, 2.05) is 24.4 Å². The van der Waals surface area contributed by atoms with E-state index in [0.717, 1.165) is 20.5 Å². The highest BCUT2D eigenvalue weighted by Crippen LogP contribution is 2.30. The number of rotatable bonds is 4. The quantitative estimate of drug-likeness (QED) is 0.890. The minimum Gasteiger partial charge on any atom is -0.480 e. The Kier molecular flexibility index (Phi) is 3.56. The molecule has 0 aliphatic heterocycles. The molecule has 1 unspecified atom stereocenters. The summed E-state index contributed by atoms with van der Waals surface area (Å²) in [5.41, 5.74) is 6.44.